The summed E-state index contributed by atoms with van der Waals surface area (Å²) in [5.74, 6) is -0.552. The lowest BCUT2D eigenvalue weighted by molar-refractivity contribution is -0.136. The molecule has 1 rings (SSSR count). The molecule has 0 aromatic carbocycles. The number of hydrogen-bond donors (Lipinski definition) is 1. The van der Waals surface area contributed by atoms with Gasteiger partial charge >= 0.3 is 5.97 Å². The molecule has 4 heteroatoms. The second-order valence-corrected chi connectivity index (χ2v) is 2.15. The van der Waals surface area contributed by atoms with Crippen LogP contribution in [0.5, 0.6) is 0 Å². The molecule has 0 aliphatic carbocycles. The van der Waals surface area contributed by atoms with E-state index in [1.165, 1.54) is 12.1 Å². The zero-order chi connectivity index (χ0) is 7.56. The number of carbonyl (C=O) groups is 1. The second-order valence-electron chi connectivity index (χ2n) is 1.78. The van der Waals surface area contributed by atoms with Gasteiger partial charge in [0.05, 0.1) is 0 Å². The van der Waals surface area contributed by atoms with E-state index in [1.54, 1.807) is 0 Å². The first-order chi connectivity index (χ1) is 4.68. The van der Waals surface area contributed by atoms with Crippen molar-refractivity contribution in [2.24, 2.45) is 0 Å². The molecule has 0 saturated heterocycles. The van der Waals surface area contributed by atoms with Gasteiger partial charge in [-0.15, -0.1) is 0 Å². The van der Waals surface area contributed by atoms with Gasteiger partial charge in [-0.1, -0.05) is 0 Å². The number of furan rings is 1. The molecule has 3 nitrogen and oxygen atoms in total. The molecule has 1 heterocycles. The predicted molar refractivity (Wildman–Crippen MR) is 35.1 cm³/mol. The molecule has 0 fully saturated rings. The number of hydrogen-bond acceptors (Lipinski definition) is 2. The summed E-state index contributed by atoms with van der Waals surface area (Å²) in [4.78, 5) is 10.1. The topological polar surface area (TPSA) is 50.4 Å². The van der Waals surface area contributed by atoms with E-state index in [4.69, 9.17) is 21.1 Å². The highest BCUT2D eigenvalue weighted by Crippen LogP contribution is 2.13. The highest BCUT2D eigenvalue weighted by Gasteiger charge is 2.03. The summed E-state index contributed by atoms with van der Waals surface area (Å²) in [6.45, 7) is 0. The molecule has 1 aromatic heterocycles. The molecule has 0 aliphatic rings. The van der Waals surface area contributed by atoms with E-state index in [1.807, 2.05) is 0 Å². The van der Waals surface area contributed by atoms with Crippen molar-refractivity contribution >= 4 is 17.6 Å². The maximum atomic E-state index is 10.1. The molecule has 0 radical (unpaired) electrons. The van der Waals surface area contributed by atoms with E-state index in [-0.39, 0.29) is 11.6 Å². The zero-order valence-corrected chi connectivity index (χ0v) is 5.76. The number of carboxylic acids is 1. The minimum absolute atomic E-state index is 0.118. The summed E-state index contributed by atoms with van der Waals surface area (Å²) >= 11 is 5.38. The van der Waals surface area contributed by atoms with Gasteiger partial charge in [0.15, 0.2) is 5.22 Å². The van der Waals surface area contributed by atoms with E-state index >= 15 is 0 Å². The van der Waals surface area contributed by atoms with E-state index in [9.17, 15) is 4.79 Å². The maximum Gasteiger partial charge on any atom is 0.311 e. The third-order valence-electron chi connectivity index (χ3n) is 0.954. The third-order valence-corrected chi connectivity index (χ3v) is 1.16. The number of aliphatic carboxylic acids is 1. The van der Waals surface area contributed by atoms with Crippen LogP contribution in [0.1, 0.15) is 5.76 Å². The van der Waals surface area contributed by atoms with Crippen LogP contribution in [0, 0.1) is 0 Å². The molecule has 1 aromatic rings. The van der Waals surface area contributed by atoms with Crippen LogP contribution in [0.3, 0.4) is 0 Å². The Bertz CT molecular complexity index is 241. The number of rotatable bonds is 2. The summed E-state index contributed by atoms with van der Waals surface area (Å²) in [6, 6.07) is 3.05. The first kappa shape index (κ1) is 7.15. The Hall–Kier alpha value is -0.960. The monoisotopic (exact) mass is 160 g/mol. The maximum absolute atomic E-state index is 10.1. The van der Waals surface area contributed by atoms with Crippen molar-refractivity contribution in [3.8, 4) is 0 Å². The van der Waals surface area contributed by atoms with E-state index in [0.29, 0.717) is 5.76 Å². The lowest BCUT2D eigenvalue weighted by atomic mass is 10.3. The van der Waals surface area contributed by atoms with Crippen molar-refractivity contribution in [2.45, 2.75) is 6.42 Å². The molecule has 0 saturated carbocycles. The smallest absolute Gasteiger partial charge is 0.311 e. The Morgan fingerprint density at radius 3 is 2.80 bits per heavy atom. The standard InChI is InChI=1S/C6H5ClO3/c7-5-2-1-4(10-5)3-6(8)9/h1-2H,3H2,(H,8,9). The first-order valence-corrected chi connectivity index (χ1v) is 3.02. The fourth-order valence-electron chi connectivity index (χ4n) is 0.596. The largest absolute Gasteiger partial charge is 0.481 e. The minimum Gasteiger partial charge on any atom is -0.481 e. The van der Waals surface area contributed by atoms with Crippen LogP contribution in [0.4, 0.5) is 0 Å². The fraction of sp³-hybridized carbons (Fsp3) is 0.167. The van der Waals surface area contributed by atoms with Gasteiger partial charge in [-0.25, -0.2) is 0 Å². The van der Waals surface area contributed by atoms with Gasteiger partial charge in [0, 0.05) is 0 Å². The van der Waals surface area contributed by atoms with Crippen molar-refractivity contribution in [1.82, 2.24) is 0 Å². The summed E-state index contributed by atoms with van der Waals surface area (Å²) in [7, 11) is 0. The Morgan fingerprint density at radius 2 is 2.40 bits per heavy atom. The molecule has 10 heavy (non-hydrogen) atoms. The quantitative estimate of drug-likeness (QED) is 0.714. The van der Waals surface area contributed by atoms with Gasteiger partial charge in [0.1, 0.15) is 12.2 Å². The van der Waals surface area contributed by atoms with Gasteiger partial charge < -0.3 is 9.52 Å². The van der Waals surface area contributed by atoms with Gasteiger partial charge in [-0.3, -0.25) is 4.79 Å². The van der Waals surface area contributed by atoms with Crippen LogP contribution < -0.4 is 0 Å². The van der Waals surface area contributed by atoms with Crippen molar-refractivity contribution in [3.05, 3.63) is 23.1 Å². The Kier molecular flexibility index (Phi) is 1.97. The van der Waals surface area contributed by atoms with E-state index < -0.39 is 5.97 Å². The number of carboxylic acid groups (broad SMARTS) is 1. The molecule has 0 spiro atoms. The zero-order valence-electron chi connectivity index (χ0n) is 5.00. The molecule has 0 unspecified atom stereocenters. The molecule has 0 atom stereocenters. The highest BCUT2D eigenvalue weighted by atomic mass is 35.5. The highest BCUT2D eigenvalue weighted by molar-refractivity contribution is 6.28. The molecule has 0 bridgehead atoms. The minimum atomic E-state index is -0.925. The first-order valence-electron chi connectivity index (χ1n) is 2.64. The summed E-state index contributed by atoms with van der Waals surface area (Å²) in [5.41, 5.74) is 0. The van der Waals surface area contributed by atoms with Crippen molar-refractivity contribution in [2.75, 3.05) is 0 Å². The van der Waals surface area contributed by atoms with Crippen LogP contribution in [-0.4, -0.2) is 11.1 Å². The lowest BCUT2D eigenvalue weighted by Gasteiger charge is -1.86. The Balaban J connectivity index is 2.67. The Morgan fingerprint density at radius 1 is 1.70 bits per heavy atom. The normalized spacial score (nSPS) is 9.70. The molecule has 54 valence electrons. The van der Waals surface area contributed by atoms with Gasteiger partial charge in [0.25, 0.3) is 0 Å². The van der Waals surface area contributed by atoms with Crippen molar-refractivity contribution < 1.29 is 14.3 Å². The van der Waals surface area contributed by atoms with Gasteiger partial charge in [-0.05, 0) is 23.7 Å². The summed E-state index contributed by atoms with van der Waals surface area (Å²) < 4.78 is 4.78. The van der Waals surface area contributed by atoms with Crippen molar-refractivity contribution in [1.29, 1.82) is 0 Å². The SMILES string of the molecule is O=C(O)Cc1ccc(Cl)o1. The van der Waals surface area contributed by atoms with Crippen LogP contribution in [-0.2, 0) is 11.2 Å². The van der Waals surface area contributed by atoms with E-state index in [0.717, 1.165) is 0 Å². The summed E-state index contributed by atoms with van der Waals surface area (Å²) in [5, 5.41) is 8.49. The average molecular weight is 161 g/mol. The fourth-order valence-corrected chi connectivity index (χ4v) is 0.758. The third kappa shape index (κ3) is 1.77. The molecule has 0 amide bonds. The molecular weight excluding hydrogens is 156 g/mol. The predicted octanol–water partition coefficient (Wildman–Crippen LogP) is 1.56. The molecule has 0 aliphatic heterocycles. The second kappa shape index (κ2) is 2.75. The van der Waals surface area contributed by atoms with Crippen LogP contribution in [0.2, 0.25) is 5.22 Å². The number of halogens is 1. The van der Waals surface area contributed by atoms with Gasteiger partial charge in [0.2, 0.25) is 0 Å². The average Bonchev–Trinajstić information content (AvgIpc) is 2.13. The van der Waals surface area contributed by atoms with Gasteiger partial charge in [-0.2, -0.15) is 0 Å². The van der Waals surface area contributed by atoms with E-state index in [2.05, 4.69) is 0 Å². The molecular formula is C6H5ClO3. The van der Waals surface area contributed by atoms with Crippen LogP contribution >= 0.6 is 11.6 Å². The van der Waals surface area contributed by atoms with Crippen LogP contribution in [0.25, 0.3) is 0 Å². The van der Waals surface area contributed by atoms with Crippen LogP contribution in [0.15, 0.2) is 16.5 Å². The lowest BCUT2D eigenvalue weighted by Crippen LogP contribution is -1.97. The Labute approximate surface area is 62.2 Å². The molecule has 1 N–H and O–H groups in total. The summed E-state index contributed by atoms with van der Waals surface area (Å²) in [6.07, 6.45) is -0.118. The van der Waals surface area contributed by atoms with Crippen molar-refractivity contribution in [3.63, 3.8) is 0 Å².